The van der Waals surface area contributed by atoms with E-state index in [2.05, 4.69) is 20.2 Å². The van der Waals surface area contributed by atoms with Gasteiger partial charge in [0.15, 0.2) is 0 Å². The first-order valence-corrected chi connectivity index (χ1v) is 4.12. The Morgan fingerprint density at radius 2 is 1.40 bits per heavy atom. The number of aromatic nitrogens is 6. The third-order valence-electron chi connectivity index (χ3n) is 1.46. The summed E-state index contributed by atoms with van der Waals surface area (Å²) in [5.74, 6) is 0. The number of ether oxygens (including phenoxy) is 1. The van der Waals surface area contributed by atoms with E-state index in [1.165, 1.54) is 34.5 Å². The van der Waals surface area contributed by atoms with Crippen molar-refractivity contribution in [2.75, 3.05) is 0 Å². The highest BCUT2D eigenvalue weighted by Gasteiger charge is 1.82. The van der Waals surface area contributed by atoms with Crippen molar-refractivity contribution in [1.82, 2.24) is 29.5 Å². The van der Waals surface area contributed by atoms with E-state index in [0.29, 0.717) is 0 Å². The van der Waals surface area contributed by atoms with Crippen molar-refractivity contribution in [3.05, 3.63) is 37.8 Å². The standard InChI is InChI=1S/C8H8N6O/c1(13-7-9-5-11-13)3-15-4-2-14-8-10-6-12-14/h1-8H. The minimum Gasteiger partial charge on any atom is -0.469 e. The molecule has 0 saturated heterocycles. The van der Waals surface area contributed by atoms with Crippen LogP contribution in [-0.4, -0.2) is 29.5 Å². The third kappa shape index (κ3) is 2.76. The summed E-state index contributed by atoms with van der Waals surface area (Å²) in [5.41, 5.74) is 0. The molecule has 2 aromatic rings. The number of hydrogen-bond donors (Lipinski definition) is 0. The lowest BCUT2D eigenvalue weighted by molar-refractivity contribution is 0.406. The van der Waals surface area contributed by atoms with Crippen molar-refractivity contribution in [2.24, 2.45) is 0 Å². The fraction of sp³-hybridized carbons (Fsp3) is 0. The molecule has 0 N–H and O–H groups in total. The molecule has 0 saturated carbocycles. The van der Waals surface area contributed by atoms with E-state index in [-0.39, 0.29) is 0 Å². The molecule has 2 rings (SSSR count). The molecule has 0 bridgehead atoms. The van der Waals surface area contributed by atoms with Crippen LogP contribution >= 0.6 is 0 Å². The van der Waals surface area contributed by atoms with Crippen molar-refractivity contribution < 1.29 is 4.74 Å². The van der Waals surface area contributed by atoms with E-state index >= 15 is 0 Å². The van der Waals surface area contributed by atoms with Gasteiger partial charge >= 0.3 is 0 Å². The van der Waals surface area contributed by atoms with Gasteiger partial charge in [0.2, 0.25) is 0 Å². The first-order chi connectivity index (χ1) is 7.45. The van der Waals surface area contributed by atoms with Crippen LogP contribution in [-0.2, 0) is 4.74 Å². The Labute approximate surface area is 85.3 Å². The van der Waals surface area contributed by atoms with Crippen molar-refractivity contribution >= 4 is 12.4 Å². The molecule has 0 radical (unpaired) electrons. The molecule has 0 amide bonds. The maximum atomic E-state index is 5.04. The van der Waals surface area contributed by atoms with Gasteiger partial charge in [-0.1, -0.05) is 0 Å². The van der Waals surface area contributed by atoms with Crippen molar-refractivity contribution in [2.45, 2.75) is 0 Å². The lowest BCUT2D eigenvalue weighted by atomic mass is 10.9. The fourth-order valence-electron chi connectivity index (χ4n) is 0.829. The van der Waals surface area contributed by atoms with Gasteiger partial charge in [-0.3, -0.25) is 0 Å². The second-order valence-corrected chi connectivity index (χ2v) is 2.46. The van der Waals surface area contributed by atoms with Crippen LogP contribution in [0.25, 0.3) is 12.4 Å². The zero-order valence-electron chi connectivity index (χ0n) is 7.71. The molecule has 0 unspecified atom stereocenters. The van der Waals surface area contributed by atoms with Gasteiger partial charge in [-0.2, -0.15) is 10.2 Å². The highest BCUT2D eigenvalue weighted by Crippen LogP contribution is 1.87. The minimum atomic E-state index is 1.44. The average molecular weight is 204 g/mol. The molecular weight excluding hydrogens is 196 g/mol. The number of nitrogens with zero attached hydrogens (tertiary/aromatic N) is 6. The highest BCUT2D eigenvalue weighted by molar-refractivity contribution is 5.18. The summed E-state index contributed by atoms with van der Waals surface area (Å²) in [5, 5.41) is 7.70. The Balaban J connectivity index is 1.80. The molecular formula is C8H8N6O. The van der Waals surface area contributed by atoms with Gasteiger partial charge in [-0.25, -0.2) is 19.3 Å². The van der Waals surface area contributed by atoms with Crippen molar-refractivity contribution in [3.8, 4) is 0 Å². The molecule has 2 aromatic heterocycles. The molecule has 7 nitrogen and oxygen atoms in total. The van der Waals surface area contributed by atoms with Crippen molar-refractivity contribution in [1.29, 1.82) is 0 Å². The predicted molar refractivity (Wildman–Crippen MR) is 51.8 cm³/mol. The topological polar surface area (TPSA) is 70.7 Å². The Bertz CT molecular complexity index is 387. The monoisotopic (exact) mass is 204 g/mol. The molecule has 2 heterocycles. The van der Waals surface area contributed by atoms with Crippen LogP contribution in [0.4, 0.5) is 0 Å². The average Bonchev–Trinajstić information content (AvgIpc) is 2.88. The first kappa shape index (κ1) is 9.13. The summed E-state index contributed by atoms with van der Waals surface area (Å²) in [4.78, 5) is 7.53. The van der Waals surface area contributed by atoms with Gasteiger partial charge in [0, 0.05) is 0 Å². The Hall–Kier alpha value is -2.44. The first-order valence-electron chi connectivity index (χ1n) is 4.12. The van der Waals surface area contributed by atoms with Crippen LogP contribution < -0.4 is 0 Å². The van der Waals surface area contributed by atoms with Crippen LogP contribution in [0.1, 0.15) is 0 Å². The quantitative estimate of drug-likeness (QED) is 0.676. The van der Waals surface area contributed by atoms with Gasteiger partial charge in [0.05, 0.1) is 12.4 Å². The van der Waals surface area contributed by atoms with Crippen molar-refractivity contribution in [3.63, 3.8) is 0 Å². The van der Waals surface area contributed by atoms with Crippen LogP contribution in [0, 0.1) is 0 Å². The maximum Gasteiger partial charge on any atom is 0.138 e. The van der Waals surface area contributed by atoms with Gasteiger partial charge < -0.3 is 4.74 Å². The predicted octanol–water partition coefficient (Wildman–Crippen LogP) is 0.443. The SMILES string of the molecule is C(=Cn1cncn1)OC=Cn1cncn1. The lowest BCUT2D eigenvalue weighted by Crippen LogP contribution is -1.86. The lowest BCUT2D eigenvalue weighted by Gasteiger charge is -1.90. The molecule has 0 fully saturated rings. The van der Waals surface area contributed by atoms with Gasteiger partial charge in [0.25, 0.3) is 0 Å². The molecule has 0 aliphatic carbocycles. The molecule has 0 aliphatic heterocycles. The van der Waals surface area contributed by atoms with Crippen LogP contribution in [0.2, 0.25) is 0 Å². The molecule has 76 valence electrons. The summed E-state index contributed by atoms with van der Waals surface area (Å²) in [6, 6.07) is 0. The van der Waals surface area contributed by atoms with Gasteiger partial charge in [0.1, 0.15) is 37.8 Å². The largest absolute Gasteiger partial charge is 0.469 e. The van der Waals surface area contributed by atoms with E-state index < -0.39 is 0 Å². The minimum absolute atomic E-state index is 1.44. The Morgan fingerprint density at radius 3 is 1.80 bits per heavy atom. The summed E-state index contributed by atoms with van der Waals surface area (Å²) < 4.78 is 8.08. The van der Waals surface area contributed by atoms with E-state index in [1.54, 1.807) is 25.1 Å². The van der Waals surface area contributed by atoms with E-state index in [0.717, 1.165) is 0 Å². The molecule has 0 aliphatic rings. The number of hydrogen-bond acceptors (Lipinski definition) is 5. The van der Waals surface area contributed by atoms with Gasteiger partial charge in [-0.15, -0.1) is 0 Å². The molecule has 0 atom stereocenters. The summed E-state index contributed by atoms with van der Waals surface area (Å²) in [6.07, 6.45) is 12.2. The third-order valence-corrected chi connectivity index (χ3v) is 1.46. The van der Waals surface area contributed by atoms with Crippen LogP contribution in [0.5, 0.6) is 0 Å². The molecule has 0 aromatic carbocycles. The maximum absolute atomic E-state index is 5.04. The fourth-order valence-corrected chi connectivity index (χ4v) is 0.829. The van der Waals surface area contributed by atoms with E-state index in [9.17, 15) is 0 Å². The summed E-state index contributed by atoms with van der Waals surface area (Å²) in [7, 11) is 0. The summed E-state index contributed by atoms with van der Waals surface area (Å²) in [6.45, 7) is 0. The zero-order valence-corrected chi connectivity index (χ0v) is 7.71. The molecule has 7 heteroatoms. The normalized spacial score (nSPS) is 11.5. The molecule has 0 spiro atoms. The zero-order chi connectivity index (χ0) is 10.3. The summed E-state index contributed by atoms with van der Waals surface area (Å²) >= 11 is 0. The highest BCUT2D eigenvalue weighted by atomic mass is 16.5. The van der Waals surface area contributed by atoms with E-state index in [1.807, 2.05) is 0 Å². The molecule has 15 heavy (non-hydrogen) atoms. The second kappa shape index (κ2) is 4.70. The van der Waals surface area contributed by atoms with Gasteiger partial charge in [-0.05, 0) is 0 Å². The smallest absolute Gasteiger partial charge is 0.138 e. The number of rotatable bonds is 4. The van der Waals surface area contributed by atoms with E-state index in [4.69, 9.17) is 4.74 Å². The van der Waals surface area contributed by atoms with Crippen LogP contribution in [0.15, 0.2) is 37.8 Å². The Morgan fingerprint density at radius 1 is 0.867 bits per heavy atom. The second-order valence-electron chi connectivity index (χ2n) is 2.46. The Kier molecular flexibility index (Phi) is 2.86. The van der Waals surface area contributed by atoms with Crippen LogP contribution in [0.3, 0.4) is 0 Å².